The minimum atomic E-state index is -2.70. The normalized spacial score (nSPS) is 14.6. The van der Waals surface area contributed by atoms with E-state index in [4.69, 9.17) is 36.4 Å². The Morgan fingerprint density at radius 2 is 1.14 bits per heavy atom. The van der Waals surface area contributed by atoms with Crippen LogP contribution in [0.25, 0.3) is 0 Å². The first-order valence-electron chi connectivity index (χ1n) is 15.3. The van der Waals surface area contributed by atoms with Crippen LogP contribution in [0, 0.1) is 0 Å². The average Bonchev–Trinajstić information content (AvgIpc) is 2.86. The molecule has 0 aliphatic carbocycles. The van der Waals surface area contributed by atoms with Crippen LogP contribution in [0.5, 0.6) is 0 Å². The average molecular weight is 681 g/mol. The molecule has 43 heavy (non-hydrogen) atoms. The van der Waals surface area contributed by atoms with Crippen molar-refractivity contribution in [3.8, 4) is 0 Å². The van der Waals surface area contributed by atoms with Gasteiger partial charge in [-0.3, -0.25) is 0 Å². The lowest BCUT2D eigenvalue weighted by Crippen LogP contribution is -2.57. The summed E-state index contributed by atoms with van der Waals surface area (Å²) in [4.78, 5) is 23.4. The van der Waals surface area contributed by atoms with Crippen molar-refractivity contribution in [1.82, 2.24) is 0 Å². The fourth-order valence-corrected chi connectivity index (χ4v) is 24.2. The highest BCUT2D eigenvalue weighted by Crippen LogP contribution is 2.30. The van der Waals surface area contributed by atoms with Crippen LogP contribution in [0.2, 0.25) is 64.0 Å². The Morgan fingerprint density at radius 1 is 0.674 bits per heavy atom. The topological polar surface area (TPSA) is 119 Å². The highest BCUT2D eigenvalue weighted by molar-refractivity contribution is 6.89. The van der Waals surface area contributed by atoms with E-state index in [0.717, 1.165) is 31.0 Å². The second kappa shape index (κ2) is 20.2. The standard InChI is InChI=1S/C29H60O10Si4/c1-25(2)28(31)35-17-14-21-40(6,7)37-42(10,11)39-43(12,23-13-16-33-19-20-34-27(5)24-30)38-41(8,9)22-15-18-36-29(32)26(3)4/h27,30H,1,3,13-24H2,2,4-12H3. The molecule has 0 aromatic rings. The molecule has 0 radical (unpaired) electrons. The number of rotatable bonds is 25. The molecule has 0 bridgehead atoms. The molecule has 0 amide bonds. The van der Waals surface area contributed by atoms with Crippen molar-refractivity contribution in [2.45, 2.75) is 110 Å². The Kier molecular flexibility index (Phi) is 19.8. The fourth-order valence-electron chi connectivity index (χ4n) is 4.55. The minimum Gasteiger partial charge on any atom is -0.462 e. The van der Waals surface area contributed by atoms with E-state index >= 15 is 0 Å². The van der Waals surface area contributed by atoms with Gasteiger partial charge in [0.25, 0.3) is 0 Å². The number of ether oxygens (including phenoxy) is 4. The molecule has 0 spiro atoms. The van der Waals surface area contributed by atoms with Gasteiger partial charge in [-0.15, -0.1) is 0 Å². The molecule has 2 atom stereocenters. The molecule has 0 fully saturated rings. The SMILES string of the molecule is C=C(C)C(=O)OCCC[Si](C)(C)O[Si](C)(C)O[Si](C)(CCCOCCOC(C)CO)O[Si](C)(C)CCCOC(=O)C(=C)C. The zero-order valence-electron chi connectivity index (χ0n) is 28.6. The van der Waals surface area contributed by atoms with E-state index < -0.39 is 33.8 Å². The van der Waals surface area contributed by atoms with Gasteiger partial charge in [0.1, 0.15) is 0 Å². The van der Waals surface area contributed by atoms with E-state index in [2.05, 4.69) is 59.0 Å². The number of aliphatic hydroxyl groups is 1. The Hall–Kier alpha value is -0.952. The predicted octanol–water partition coefficient (Wildman–Crippen LogP) is 6.04. The first-order chi connectivity index (χ1) is 19.7. The zero-order chi connectivity index (χ0) is 33.3. The maximum Gasteiger partial charge on any atom is 0.333 e. The van der Waals surface area contributed by atoms with E-state index in [0.29, 0.717) is 50.6 Å². The highest BCUT2D eigenvalue weighted by Gasteiger charge is 2.45. The van der Waals surface area contributed by atoms with Gasteiger partial charge in [-0.2, -0.15) is 0 Å². The molecular weight excluding hydrogens is 621 g/mol. The summed E-state index contributed by atoms with van der Waals surface area (Å²) >= 11 is 0. The largest absolute Gasteiger partial charge is 0.462 e. The van der Waals surface area contributed by atoms with E-state index in [1.807, 2.05) is 6.92 Å². The molecule has 0 rings (SSSR count). The molecule has 0 aromatic carbocycles. The number of carbonyl (C=O) groups is 2. The third-order valence-electron chi connectivity index (χ3n) is 6.29. The summed E-state index contributed by atoms with van der Waals surface area (Å²) in [5.41, 5.74) is 0.790. The van der Waals surface area contributed by atoms with Crippen molar-refractivity contribution in [3.63, 3.8) is 0 Å². The molecule has 2 unspecified atom stereocenters. The Morgan fingerprint density at radius 3 is 1.60 bits per heavy atom. The van der Waals surface area contributed by atoms with Crippen molar-refractivity contribution in [2.24, 2.45) is 0 Å². The summed E-state index contributed by atoms with van der Waals surface area (Å²) in [6.07, 6.45) is 2.01. The Balaban J connectivity index is 5.28. The van der Waals surface area contributed by atoms with Crippen molar-refractivity contribution in [2.75, 3.05) is 39.6 Å². The summed E-state index contributed by atoms with van der Waals surface area (Å²) in [6, 6.07) is 2.41. The van der Waals surface area contributed by atoms with Crippen LogP contribution in [0.4, 0.5) is 0 Å². The summed E-state index contributed by atoms with van der Waals surface area (Å²) in [7, 11) is -9.60. The Labute approximate surface area is 265 Å². The van der Waals surface area contributed by atoms with E-state index in [1.165, 1.54) is 0 Å². The maximum absolute atomic E-state index is 11.8. The quantitative estimate of drug-likeness (QED) is 0.0529. The van der Waals surface area contributed by atoms with Crippen LogP contribution in [0.15, 0.2) is 24.3 Å². The van der Waals surface area contributed by atoms with Crippen molar-refractivity contribution in [1.29, 1.82) is 0 Å². The second-order valence-electron chi connectivity index (χ2n) is 13.0. The van der Waals surface area contributed by atoms with E-state index in [9.17, 15) is 9.59 Å². The van der Waals surface area contributed by atoms with E-state index in [1.54, 1.807) is 13.8 Å². The monoisotopic (exact) mass is 680 g/mol. The maximum atomic E-state index is 11.8. The Bertz CT molecular complexity index is 881. The van der Waals surface area contributed by atoms with Crippen LogP contribution in [-0.4, -0.2) is 96.5 Å². The molecular formula is C29H60O10Si4. The molecule has 10 nitrogen and oxygen atoms in total. The first kappa shape index (κ1) is 42.0. The lowest BCUT2D eigenvalue weighted by Gasteiger charge is -2.42. The summed E-state index contributed by atoms with van der Waals surface area (Å²) < 4.78 is 42.4. The summed E-state index contributed by atoms with van der Waals surface area (Å²) in [5.74, 6) is -0.737. The van der Waals surface area contributed by atoms with Crippen LogP contribution < -0.4 is 0 Å². The first-order valence-corrected chi connectivity index (χ1v) is 26.9. The predicted molar refractivity (Wildman–Crippen MR) is 180 cm³/mol. The van der Waals surface area contributed by atoms with Gasteiger partial charge in [0.2, 0.25) is 0 Å². The number of hydrogen-bond donors (Lipinski definition) is 1. The zero-order valence-corrected chi connectivity index (χ0v) is 32.6. The lowest BCUT2D eigenvalue weighted by molar-refractivity contribution is -0.139. The van der Waals surface area contributed by atoms with Crippen LogP contribution in [-0.2, 0) is 40.9 Å². The fraction of sp³-hybridized carbons (Fsp3) is 0.793. The van der Waals surface area contributed by atoms with Crippen LogP contribution in [0.1, 0.15) is 40.0 Å². The number of carbonyl (C=O) groups excluding carboxylic acids is 2. The van der Waals surface area contributed by atoms with E-state index in [-0.39, 0.29) is 24.6 Å². The van der Waals surface area contributed by atoms with Crippen molar-refractivity contribution in [3.05, 3.63) is 24.3 Å². The highest BCUT2D eigenvalue weighted by atomic mass is 28.5. The second-order valence-corrected chi connectivity index (χ2v) is 29.0. The van der Waals surface area contributed by atoms with Crippen LogP contribution in [0.3, 0.4) is 0 Å². The molecule has 0 aromatic heterocycles. The molecule has 0 aliphatic heterocycles. The van der Waals surface area contributed by atoms with Gasteiger partial charge in [0.15, 0.2) is 16.6 Å². The minimum absolute atomic E-state index is 0.0154. The third-order valence-corrected chi connectivity index (χ3v) is 22.5. The smallest absolute Gasteiger partial charge is 0.333 e. The molecule has 0 saturated carbocycles. The lowest BCUT2D eigenvalue weighted by atomic mass is 10.4. The summed E-state index contributed by atoms with van der Waals surface area (Å²) in [6.45, 7) is 29.4. The number of esters is 2. The van der Waals surface area contributed by atoms with Crippen molar-refractivity contribution >= 4 is 45.7 Å². The molecule has 1 N–H and O–H groups in total. The van der Waals surface area contributed by atoms with Gasteiger partial charge in [-0.05, 0) is 104 Å². The van der Waals surface area contributed by atoms with Gasteiger partial charge >= 0.3 is 29.1 Å². The van der Waals surface area contributed by atoms with Gasteiger partial charge < -0.3 is 36.4 Å². The molecule has 0 aliphatic rings. The third kappa shape index (κ3) is 21.4. The molecule has 0 heterocycles. The van der Waals surface area contributed by atoms with Crippen molar-refractivity contribution < 1.29 is 46.0 Å². The van der Waals surface area contributed by atoms with Crippen LogP contribution >= 0.6 is 0 Å². The molecule has 14 heteroatoms. The van der Waals surface area contributed by atoms with Gasteiger partial charge in [-0.25, -0.2) is 9.59 Å². The number of aliphatic hydroxyl groups excluding tert-OH is 1. The summed E-state index contributed by atoms with van der Waals surface area (Å²) in [5, 5.41) is 9.09. The number of hydrogen-bond acceptors (Lipinski definition) is 10. The van der Waals surface area contributed by atoms with Gasteiger partial charge in [0, 0.05) is 17.8 Å². The van der Waals surface area contributed by atoms with Gasteiger partial charge in [-0.1, -0.05) is 13.2 Å². The molecule has 0 saturated heterocycles. The van der Waals surface area contributed by atoms with Gasteiger partial charge in [0.05, 0.1) is 39.1 Å². The molecule has 252 valence electrons.